The van der Waals surface area contributed by atoms with Gasteiger partial charge in [-0.3, -0.25) is 10.1 Å². The molecule has 0 aliphatic heterocycles. The van der Waals surface area contributed by atoms with Crippen LogP contribution in [-0.4, -0.2) is 30.5 Å². The number of aromatic nitrogens is 1. The van der Waals surface area contributed by atoms with E-state index in [1.165, 1.54) is 11.3 Å². The average Bonchev–Trinajstić information content (AvgIpc) is 3.14. The predicted octanol–water partition coefficient (Wildman–Crippen LogP) is 4.41. The highest BCUT2D eigenvalue weighted by Gasteiger charge is 2.14. The van der Waals surface area contributed by atoms with E-state index >= 15 is 0 Å². The molecule has 0 unspecified atom stereocenters. The number of anilines is 2. The number of benzene rings is 2. The number of rotatable bonds is 6. The van der Waals surface area contributed by atoms with Gasteiger partial charge in [0.15, 0.2) is 11.7 Å². The van der Waals surface area contributed by atoms with Crippen molar-refractivity contribution in [3.63, 3.8) is 0 Å². The number of hydrogen-bond acceptors (Lipinski definition) is 6. The quantitative estimate of drug-likeness (QED) is 0.549. The van der Waals surface area contributed by atoms with Crippen LogP contribution in [0.25, 0.3) is 11.3 Å². The molecule has 3 aromatic rings. The lowest BCUT2D eigenvalue weighted by Gasteiger charge is -2.08. The van der Waals surface area contributed by atoms with Gasteiger partial charge in [-0.25, -0.2) is 9.78 Å². The van der Waals surface area contributed by atoms with Gasteiger partial charge in [-0.2, -0.15) is 0 Å². The van der Waals surface area contributed by atoms with Crippen LogP contribution in [0.4, 0.5) is 10.8 Å². The maximum atomic E-state index is 12.1. The second-order valence-corrected chi connectivity index (χ2v) is 7.24. The van der Waals surface area contributed by atoms with Crippen LogP contribution in [0.15, 0.2) is 58.4 Å². The van der Waals surface area contributed by atoms with Gasteiger partial charge in [0, 0.05) is 28.2 Å². The van der Waals surface area contributed by atoms with Crippen molar-refractivity contribution in [1.82, 2.24) is 4.98 Å². The third-order valence-corrected chi connectivity index (χ3v) is 4.87. The van der Waals surface area contributed by atoms with Gasteiger partial charge in [-0.1, -0.05) is 40.2 Å². The van der Waals surface area contributed by atoms with E-state index in [9.17, 15) is 9.59 Å². The molecule has 0 bridgehead atoms. The summed E-state index contributed by atoms with van der Waals surface area (Å²) in [6, 6.07) is 14.7. The van der Waals surface area contributed by atoms with Crippen molar-refractivity contribution in [3.8, 4) is 11.3 Å². The summed E-state index contributed by atoms with van der Waals surface area (Å²) in [5, 5.41) is 7.86. The van der Waals surface area contributed by atoms with Crippen molar-refractivity contribution >= 4 is 50.0 Å². The lowest BCUT2D eigenvalue weighted by atomic mass is 10.2. The first-order valence-electron chi connectivity index (χ1n) is 8.02. The van der Waals surface area contributed by atoms with E-state index in [4.69, 9.17) is 4.74 Å². The minimum Gasteiger partial charge on any atom is -0.452 e. The number of amides is 1. The maximum Gasteiger partial charge on any atom is 0.340 e. The van der Waals surface area contributed by atoms with Crippen LogP contribution in [0.1, 0.15) is 10.4 Å². The molecule has 8 heteroatoms. The highest BCUT2D eigenvalue weighted by molar-refractivity contribution is 9.10. The summed E-state index contributed by atoms with van der Waals surface area (Å²) in [7, 11) is 1.71. The number of esters is 1. The normalized spacial score (nSPS) is 10.3. The molecule has 0 aliphatic rings. The number of hydrogen-bond donors (Lipinski definition) is 2. The molecule has 6 nitrogen and oxygen atoms in total. The average molecular weight is 446 g/mol. The fourth-order valence-electron chi connectivity index (χ4n) is 2.35. The van der Waals surface area contributed by atoms with Gasteiger partial charge in [-0.15, -0.1) is 11.3 Å². The molecular formula is C19H16BrN3O3S. The Kier molecular flexibility index (Phi) is 6.20. The fourth-order valence-corrected chi connectivity index (χ4v) is 3.49. The Morgan fingerprint density at radius 3 is 2.78 bits per heavy atom. The summed E-state index contributed by atoms with van der Waals surface area (Å²) in [4.78, 5) is 28.6. The molecule has 0 aliphatic carbocycles. The summed E-state index contributed by atoms with van der Waals surface area (Å²) >= 11 is 4.73. The zero-order valence-electron chi connectivity index (χ0n) is 14.4. The number of para-hydroxylation sites is 1. The molecule has 0 saturated heterocycles. The van der Waals surface area contributed by atoms with Crippen LogP contribution in [0.5, 0.6) is 0 Å². The third kappa shape index (κ3) is 4.93. The first-order valence-corrected chi connectivity index (χ1v) is 9.69. The molecule has 0 spiro atoms. The van der Waals surface area contributed by atoms with Crippen LogP contribution in [-0.2, 0) is 9.53 Å². The first kappa shape index (κ1) is 19.1. The second kappa shape index (κ2) is 8.79. The number of nitrogens with zero attached hydrogens (tertiary/aromatic N) is 1. The van der Waals surface area contributed by atoms with Crippen LogP contribution in [0.2, 0.25) is 0 Å². The summed E-state index contributed by atoms with van der Waals surface area (Å²) in [6.07, 6.45) is 0. The molecule has 0 saturated carbocycles. The lowest BCUT2D eigenvalue weighted by Crippen LogP contribution is -2.21. The van der Waals surface area contributed by atoms with Crippen LogP contribution < -0.4 is 10.6 Å². The van der Waals surface area contributed by atoms with E-state index in [1.54, 1.807) is 31.3 Å². The maximum absolute atomic E-state index is 12.1. The third-order valence-electron chi connectivity index (χ3n) is 3.62. The van der Waals surface area contributed by atoms with E-state index in [0.717, 1.165) is 15.7 Å². The van der Waals surface area contributed by atoms with E-state index in [2.05, 4.69) is 31.5 Å². The van der Waals surface area contributed by atoms with Crippen molar-refractivity contribution < 1.29 is 14.3 Å². The molecule has 1 heterocycles. The molecule has 2 N–H and O–H groups in total. The van der Waals surface area contributed by atoms with Crippen molar-refractivity contribution in [2.75, 3.05) is 24.3 Å². The Morgan fingerprint density at radius 2 is 2.00 bits per heavy atom. The van der Waals surface area contributed by atoms with Crippen LogP contribution >= 0.6 is 27.3 Å². The molecule has 1 aromatic heterocycles. The van der Waals surface area contributed by atoms with Crippen molar-refractivity contribution in [2.24, 2.45) is 0 Å². The first-order chi connectivity index (χ1) is 13.1. The standard InChI is InChI=1S/C19H16BrN3O3S/c1-21-15-8-3-2-7-14(15)18(25)26-10-17(24)23-19-22-16(11-27-19)12-5-4-6-13(20)9-12/h2-9,11,21H,10H2,1H3,(H,22,23,24). The molecule has 0 fully saturated rings. The van der Waals surface area contributed by atoms with Gasteiger partial charge in [0.05, 0.1) is 11.3 Å². The molecule has 138 valence electrons. The largest absolute Gasteiger partial charge is 0.452 e. The molecule has 0 atom stereocenters. The van der Waals surface area contributed by atoms with E-state index in [0.29, 0.717) is 16.4 Å². The molecule has 2 aromatic carbocycles. The summed E-state index contributed by atoms with van der Waals surface area (Å²) in [6.45, 7) is -0.386. The van der Waals surface area contributed by atoms with Gasteiger partial charge in [0.25, 0.3) is 5.91 Å². The summed E-state index contributed by atoms with van der Waals surface area (Å²) in [5.41, 5.74) is 2.72. The van der Waals surface area contributed by atoms with Crippen molar-refractivity contribution in [2.45, 2.75) is 0 Å². The number of carbonyl (C=O) groups excluding carboxylic acids is 2. The minimum atomic E-state index is -0.566. The summed E-state index contributed by atoms with van der Waals surface area (Å²) in [5.74, 6) is -1.01. The van der Waals surface area contributed by atoms with Gasteiger partial charge in [0.2, 0.25) is 0 Å². The van der Waals surface area contributed by atoms with E-state index in [1.807, 2.05) is 29.6 Å². The zero-order valence-corrected chi connectivity index (χ0v) is 16.8. The molecule has 3 rings (SSSR count). The van der Waals surface area contributed by atoms with Gasteiger partial charge >= 0.3 is 5.97 Å². The van der Waals surface area contributed by atoms with Crippen LogP contribution in [0, 0.1) is 0 Å². The SMILES string of the molecule is CNc1ccccc1C(=O)OCC(=O)Nc1nc(-c2cccc(Br)c2)cs1. The van der Waals surface area contributed by atoms with Crippen LogP contribution in [0.3, 0.4) is 0 Å². The number of thiazole rings is 1. The minimum absolute atomic E-state index is 0.374. The number of nitrogens with one attached hydrogen (secondary N) is 2. The highest BCUT2D eigenvalue weighted by Crippen LogP contribution is 2.26. The number of halogens is 1. The fraction of sp³-hybridized carbons (Fsp3) is 0.105. The second-order valence-electron chi connectivity index (χ2n) is 5.47. The monoisotopic (exact) mass is 445 g/mol. The Labute approximate surface area is 168 Å². The number of ether oxygens (including phenoxy) is 1. The van der Waals surface area contributed by atoms with E-state index < -0.39 is 11.9 Å². The molecule has 27 heavy (non-hydrogen) atoms. The molecule has 1 amide bonds. The predicted molar refractivity (Wildman–Crippen MR) is 110 cm³/mol. The number of carbonyl (C=O) groups is 2. The van der Waals surface area contributed by atoms with Gasteiger partial charge in [0.1, 0.15) is 0 Å². The van der Waals surface area contributed by atoms with Gasteiger partial charge < -0.3 is 10.1 Å². The highest BCUT2D eigenvalue weighted by atomic mass is 79.9. The Morgan fingerprint density at radius 1 is 1.19 bits per heavy atom. The smallest absolute Gasteiger partial charge is 0.340 e. The topological polar surface area (TPSA) is 80.3 Å². The van der Waals surface area contributed by atoms with Crippen molar-refractivity contribution in [1.29, 1.82) is 0 Å². The van der Waals surface area contributed by atoms with Crippen molar-refractivity contribution in [3.05, 3.63) is 63.9 Å². The Bertz CT molecular complexity index is 974. The lowest BCUT2D eigenvalue weighted by molar-refractivity contribution is -0.119. The van der Waals surface area contributed by atoms with E-state index in [-0.39, 0.29) is 6.61 Å². The Balaban J connectivity index is 1.58. The Hall–Kier alpha value is -2.71. The van der Waals surface area contributed by atoms with Gasteiger partial charge in [-0.05, 0) is 24.3 Å². The zero-order chi connectivity index (χ0) is 19.2. The summed E-state index contributed by atoms with van der Waals surface area (Å²) < 4.78 is 6.04. The molecule has 0 radical (unpaired) electrons. The molecular weight excluding hydrogens is 430 g/mol.